The van der Waals surface area contributed by atoms with Crippen molar-refractivity contribution in [3.8, 4) is 17.6 Å². The first-order chi connectivity index (χ1) is 9.58. The lowest BCUT2D eigenvalue weighted by Crippen LogP contribution is -1.99. The third-order valence-electron chi connectivity index (χ3n) is 2.57. The second-order valence-electron chi connectivity index (χ2n) is 4.07. The highest BCUT2D eigenvalue weighted by Crippen LogP contribution is 2.30. The van der Waals surface area contributed by atoms with Gasteiger partial charge in [0.25, 0.3) is 0 Å². The molecule has 0 heterocycles. The maximum Gasteiger partial charge on any atom is 0.307 e. The van der Waals surface area contributed by atoms with Crippen LogP contribution in [-0.2, 0) is 11.2 Å². The summed E-state index contributed by atoms with van der Waals surface area (Å²) in [5.74, 6) is 0.108. The number of benzene rings is 2. The van der Waals surface area contributed by atoms with Crippen LogP contribution in [0, 0.1) is 11.3 Å². The molecular weight excluding hydrogens is 278 g/mol. The molecule has 0 atom stereocenters. The van der Waals surface area contributed by atoms with Crippen molar-refractivity contribution >= 4 is 17.6 Å². The molecule has 4 nitrogen and oxygen atoms in total. The summed E-state index contributed by atoms with van der Waals surface area (Å²) in [6, 6.07) is 13.5. The summed E-state index contributed by atoms with van der Waals surface area (Å²) < 4.78 is 5.58. The van der Waals surface area contributed by atoms with E-state index in [1.165, 1.54) is 6.07 Å². The molecule has 1 N–H and O–H groups in total. The predicted octanol–water partition coefficient (Wildman–Crippen LogP) is 3.63. The average molecular weight is 288 g/mol. The number of rotatable bonds is 4. The number of nitrogens with zero attached hydrogens (tertiary/aromatic N) is 1. The van der Waals surface area contributed by atoms with Crippen LogP contribution in [0.5, 0.6) is 11.5 Å². The molecule has 0 aliphatic heterocycles. The molecule has 0 bridgehead atoms. The third-order valence-corrected chi connectivity index (χ3v) is 2.86. The fourth-order valence-corrected chi connectivity index (χ4v) is 1.85. The van der Waals surface area contributed by atoms with Crippen LogP contribution < -0.4 is 4.74 Å². The van der Waals surface area contributed by atoms with Crippen LogP contribution in [0.15, 0.2) is 42.5 Å². The van der Waals surface area contributed by atoms with E-state index >= 15 is 0 Å². The number of aliphatic carboxylic acids is 1. The van der Waals surface area contributed by atoms with Crippen molar-refractivity contribution < 1.29 is 14.6 Å². The Balaban J connectivity index is 2.14. The standard InChI is InChI=1S/C15H10ClNO3/c16-13-7-11(9-17)3-6-14(13)20-12-4-1-10(2-5-12)8-15(18)19/h1-7H,8H2,(H,18,19). The minimum atomic E-state index is -0.881. The molecular formula is C15H10ClNO3. The zero-order chi connectivity index (χ0) is 14.5. The van der Waals surface area contributed by atoms with E-state index in [4.69, 9.17) is 26.7 Å². The van der Waals surface area contributed by atoms with E-state index in [1.54, 1.807) is 36.4 Å². The fourth-order valence-electron chi connectivity index (χ4n) is 1.63. The largest absolute Gasteiger partial charge is 0.481 e. The van der Waals surface area contributed by atoms with Crippen molar-refractivity contribution in [2.75, 3.05) is 0 Å². The van der Waals surface area contributed by atoms with E-state index in [-0.39, 0.29) is 6.42 Å². The van der Waals surface area contributed by atoms with Gasteiger partial charge in [-0.3, -0.25) is 4.79 Å². The number of carboxylic acids is 1. The maximum atomic E-state index is 10.6. The highest BCUT2D eigenvalue weighted by Gasteiger charge is 2.05. The van der Waals surface area contributed by atoms with Gasteiger partial charge < -0.3 is 9.84 Å². The van der Waals surface area contributed by atoms with Gasteiger partial charge >= 0.3 is 5.97 Å². The number of halogens is 1. The lowest BCUT2D eigenvalue weighted by molar-refractivity contribution is -0.136. The molecule has 0 aromatic heterocycles. The molecule has 0 saturated heterocycles. The molecule has 2 aromatic carbocycles. The van der Waals surface area contributed by atoms with Crippen molar-refractivity contribution in [3.63, 3.8) is 0 Å². The minimum absolute atomic E-state index is 0.0299. The van der Waals surface area contributed by atoms with Crippen LogP contribution in [0.4, 0.5) is 0 Å². The molecule has 2 aromatic rings. The topological polar surface area (TPSA) is 70.3 Å². The van der Waals surface area contributed by atoms with Crippen molar-refractivity contribution in [1.29, 1.82) is 5.26 Å². The smallest absolute Gasteiger partial charge is 0.307 e. The molecule has 0 aliphatic rings. The van der Waals surface area contributed by atoms with Crippen molar-refractivity contribution in [2.45, 2.75) is 6.42 Å². The van der Waals surface area contributed by atoms with Crippen LogP contribution in [0.3, 0.4) is 0 Å². The Hall–Kier alpha value is -2.51. The summed E-state index contributed by atoms with van der Waals surface area (Å²) in [7, 11) is 0. The molecule has 0 saturated carbocycles. The molecule has 2 rings (SSSR count). The van der Waals surface area contributed by atoms with E-state index < -0.39 is 5.97 Å². The van der Waals surface area contributed by atoms with Gasteiger partial charge in [-0.2, -0.15) is 5.26 Å². The van der Waals surface area contributed by atoms with Gasteiger partial charge in [-0.15, -0.1) is 0 Å². The monoisotopic (exact) mass is 287 g/mol. The van der Waals surface area contributed by atoms with Gasteiger partial charge in [0.1, 0.15) is 11.5 Å². The van der Waals surface area contributed by atoms with Crippen molar-refractivity contribution in [1.82, 2.24) is 0 Å². The second kappa shape index (κ2) is 6.09. The summed E-state index contributed by atoms with van der Waals surface area (Å²) in [6.07, 6.45) is -0.0299. The Morgan fingerprint density at radius 1 is 1.25 bits per heavy atom. The SMILES string of the molecule is N#Cc1ccc(Oc2ccc(CC(=O)O)cc2)c(Cl)c1. The van der Waals surface area contributed by atoms with E-state index in [1.807, 2.05) is 6.07 Å². The van der Waals surface area contributed by atoms with Gasteiger partial charge in [-0.1, -0.05) is 23.7 Å². The Morgan fingerprint density at radius 2 is 1.95 bits per heavy atom. The molecule has 0 unspecified atom stereocenters. The molecule has 20 heavy (non-hydrogen) atoms. The van der Waals surface area contributed by atoms with Gasteiger partial charge in [-0.05, 0) is 35.9 Å². The molecule has 0 aliphatic carbocycles. The zero-order valence-corrected chi connectivity index (χ0v) is 11.1. The highest BCUT2D eigenvalue weighted by atomic mass is 35.5. The molecule has 0 fully saturated rings. The van der Waals surface area contributed by atoms with Gasteiger partial charge in [0.15, 0.2) is 0 Å². The molecule has 0 amide bonds. The lowest BCUT2D eigenvalue weighted by atomic mass is 10.1. The van der Waals surface area contributed by atoms with Gasteiger partial charge in [0, 0.05) is 0 Å². The zero-order valence-electron chi connectivity index (χ0n) is 10.3. The van der Waals surface area contributed by atoms with Gasteiger partial charge in [0.05, 0.1) is 23.1 Å². The number of carboxylic acid groups (broad SMARTS) is 1. The molecule has 5 heteroatoms. The Bertz CT molecular complexity index is 675. The highest BCUT2D eigenvalue weighted by molar-refractivity contribution is 6.32. The van der Waals surface area contributed by atoms with E-state index in [0.29, 0.717) is 27.6 Å². The Morgan fingerprint density at radius 3 is 2.50 bits per heavy atom. The molecule has 0 radical (unpaired) electrons. The fraction of sp³-hybridized carbons (Fsp3) is 0.0667. The van der Waals surface area contributed by atoms with E-state index in [2.05, 4.69) is 0 Å². The summed E-state index contributed by atoms with van der Waals surface area (Å²) in [5.41, 5.74) is 1.15. The second-order valence-corrected chi connectivity index (χ2v) is 4.48. The number of hydrogen-bond acceptors (Lipinski definition) is 3. The lowest BCUT2D eigenvalue weighted by Gasteiger charge is -2.08. The van der Waals surface area contributed by atoms with E-state index in [9.17, 15) is 4.79 Å². The maximum absolute atomic E-state index is 10.6. The summed E-state index contributed by atoms with van der Waals surface area (Å²) in [4.78, 5) is 10.6. The Kier molecular flexibility index (Phi) is 4.24. The quantitative estimate of drug-likeness (QED) is 0.932. The number of hydrogen-bond donors (Lipinski definition) is 1. The van der Waals surface area contributed by atoms with Crippen molar-refractivity contribution in [2.24, 2.45) is 0 Å². The summed E-state index contributed by atoms with van der Waals surface area (Å²) in [6.45, 7) is 0. The van der Waals surface area contributed by atoms with Crippen LogP contribution >= 0.6 is 11.6 Å². The van der Waals surface area contributed by atoms with Crippen LogP contribution in [0.25, 0.3) is 0 Å². The van der Waals surface area contributed by atoms with Crippen molar-refractivity contribution in [3.05, 3.63) is 58.6 Å². The third kappa shape index (κ3) is 3.50. The average Bonchev–Trinajstić information content (AvgIpc) is 2.42. The number of nitriles is 1. The first-order valence-corrected chi connectivity index (χ1v) is 6.14. The molecule has 0 spiro atoms. The predicted molar refractivity (Wildman–Crippen MR) is 74.0 cm³/mol. The van der Waals surface area contributed by atoms with Crippen LogP contribution in [0.2, 0.25) is 5.02 Å². The summed E-state index contributed by atoms with van der Waals surface area (Å²) in [5, 5.41) is 17.8. The van der Waals surface area contributed by atoms with E-state index in [0.717, 1.165) is 0 Å². The first-order valence-electron chi connectivity index (χ1n) is 5.77. The van der Waals surface area contributed by atoms with Gasteiger partial charge in [-0.25, -0.2) is 0 Å². The molecule has 100 valence electrons. The number of carbonyl (C=O) groups is 1. The van der Waals surface area contributed by atoms with Crippen LogP contribution in [-0.4, -0.2) is 11.1 Å². The normalized spacial score (nSPS) is 9.80. The van der Waals surface area contributed by atoms with Gasteiger partial charge in [0.2, 0.25) is 0 Å². The first kappa shape index (κ1) is 13.9. The minimum Gasteiger partial charge on any atom is -0.481 e. The summed E-state index contributed by atoms with van der Waals surface area (Å²) >= 11 is 6.00. The van der Waals surface area contributed by atoms with Crippen LogP contribution in [0.1, 0.15) is 11.1 Å². The number of ether oxygens (including phenoxy) is 1. The Labute approximate surface area is 120 Å².